The molecule has 0 unspecified atom stereocenters. The van der Waals surface area contributed by atoms with E-state index in [4.69, 9.17) is 4.74 Å². The largest absolute Gasteiger partial charge is 0.451 e. The van der Waals surface area contributed by atoms with E-state index >= 15 is 0 Å². The third-order valence-electron chi connectivity index (χ3n) is 2.67. The van der Waals surface area contributed by atoms with Crippen molar-refractivity contribution in [1.82, 2.24) is 9.78 Å². The number of halogens is 1. The molecule has 2 rings (SSSR count). The van der Waals surface area contributed by atoms with Gasteiger partial charge in [0.1, 0.15) is 0 Å². The Morgan fingerprint density at radius 1 is 1.42 bits per heavy atom. The van der Waals surface area contributed by atoms with E-state index in [1.165, 1.54) is 31.3 Å². The summed E-state index contributed by atoms with van der Waals surface area (Å²) in [6.07, 6.45) is 3.22. The first-order valence-electron chi connectivity index (χ1n) is 6.00. The lowest BCUT2D eigenvalue weighted by molar-refractivity contribution is 0.101. The number of rotatable bonds is 4. The monoisotopic (exact) mass is 262 g/mol. The summed E-state index contributed by atoms with van der Waals surface area (Å²) in [5.41, 5.74) is 0.322. The SMILES string of the molecule is CC(=O)c1ccc(Oc2cnn(C(C)C)c2)c(F)c1. The molecule has 0 N–H and O–H groups in total. The van der Waals surface area contributed by atoms with Crippen molar-refractivity contribution in [2.45, 2.75) is 26.8 Å². The fourth-order valence-corrected chi connectivity index (χ4v) is 1.59. The van der Waals surface area contributed by atoms with E-state index in [0.717, 1.165) is 0 Å². The van der Waals surface area contributed by atoms with Crippen LogP contribution < -0.4 is 4.74 Å². The molecule has 0 spiro atoms. The zero-order valence-electron chi connectivity index (χ0n) is 11.1. The summed E-state index contributed by atoms with van der Waals surface area (Å²) in [5.74, 6) is -0.209. The number of benzene rings is 1. The first kappa shape index (κ1) is 13.3. The van der Waals surface area contributed by atoms with Gasteiger partial charge in [0.05, 0.1) is 12.4 Å². The topological polar surface area (TPSA) is 44.1 Å². The Morgan fingerprint density at radius 3 is 2.68 bits per heavy atom. The van der Waals surface area contributed by atoms with Crippen LogP contribution in [0.5, 0.6) is 11.5 Å². The van der Waals surface area contributed by atoms with Crippen LogP contribution >= 0.6 is 0 Å². The van der Waals surface area contributed by atoms with Crippen LogP contribution in [-0.2, 0) is 0 Å². The van der Waals surface area contributed by atoms with Crippen LogP contribution in [0, 0.1) is 5.82 Å². The van der Waals surface area contributed by atoms with Gasteiger partial charge in [-0.2, -0.15) is 5.10 Å². The maximum absolute atomic E-state index is 13.8. The minimum absolute atomic E-state index is 0.0771. The van der Waals surface area contributed by atoms with Gasteiger partial charge < -0.3 is 4.74 Å². The van der Waals surface area contributed by atoms with Gasteiger partial charge in [0, 0.05) is 11.6 Å². The van der Waals surface area contributed by atoms with Gasteiger partial charge in [-0.3, -0.25) is 9.48 Å². The van der Waals surface area contributed by atoms with E-state index < -0.39 is 5.82 Å². The molecule has 1 aromatic heterocycles. The van der Waals surface area contributed by atoms with Gasteiger partial charge in [0.15, 0.2) is 23.1 Å². The highest BCUT2D eigenvalue weighted by molar-refractivity contribution is 5.94. The average molecular weight is 262 g/mol. The lowest BCUT2D eigenvalue weighted by Gasteiger charge is -2.06. The van der Waals surface area contributed by atoms with Crippen LogP contribution in [0.3, 0.4) is 0 Å². The number of ether oxygens (including phenoxy) is 1. The average Bonchev–Trinajstić information content (AvgIpc) is 2.80. The molecular formula is C14H15FN2O2. The van der Waals surface area contributed by atoms with Crippen molar-refractivity contribution in [3.05, 3.63) is 42.0 Å². The van der Waals surface area contributed by atoms with E-state index in [9.17, 15) is 9.18 Å². The Balaban J connectivity index is 2.20. The molecule has 0 aliphatic heterocycles. The van der Waals surface area contributed by atoms with Crippen molar-refractivity contribution < 1.29 is 13.9 Å². The molecule has 4 nitrogen and oxygen atoms in total. The molecule has 1 heterocycles. The molecule has 0 amide bonds. The molecule has 19 heavy (non-hydrogen) atoms. The molecular weight excluding hydrogens is 247 g/mol. The lowest BCUT2D eigenvalue weighted by Crippen LogP contribution is -1.99. The predicted octanol–water partition coefficient (Wildman–Crippen LogP) is 3.60. The second-order valence-electron chi connectivity index (χ2n) is 4.55. The summed E-state index contributed by atoms with van der Waals surface area (Å²) in [6, 6.07) is 4.36. The number of nitrogens with zero attached hydrogens (tertiary/aromatic N) is 2. The van der Waals surface area contributed by atoms with Crippen molar-refractivity contribution in [2.75, 3.05) is 0 Å². The van der Waals surface area contributed by atoms with Crippen LogP contribution in [0.4, 0.5) is 4.39 Å². The van der Waals surface area contributed by atoms with E-state index in [2.05, 4.69) is 5.10 Å². The van der Waals surface area contributed by atoms with Gasteiger partial charge in [-0.1, -0.05) is 0 Å². The Hall–Kier alpha value is -2.17. The first-order valence-corrected chi connectivity index (χ1v) is 6.00. The van der Waals surface area contributed by atoms with Gasteiger partial charge in [0.2, 0.25) is 0 Å². The highest BCUT2D eigenvalue weighted by Crippen LogP contribution is 2.25. The molecule has 0 saturated heterocycles. The quantitative estimate of drug-likeness (QED) is 0.791. The van der Waals surface area contributed by atoms with Crippen LogP contribution in [-0.4, -0.2) is 15.6 Å². The number of carbonyl (C=O) groups is 1. The first-order chi connectivity index (χ1) is 8.97. The number of hydrogen-bond acceptors (Lipinski definition) is 3. The molecule has 0 aliphatic carbocycles. The molecule has 0 saturated carbocycles. The normalized spacial score (nSPS) is 10.8. The lowest BCUT2D eigenvalue weighted by atomic mass is 10.1. The fraction of sp³-hybridized carbons (Fsp3) is 0.286. The van der Waals surface area contributed by atoms with Crippen LogP contribution in [0.15, 0.2) is 30.6 Å². The van der Waals surface area contributed by atoms with E-state index in [-0.39, 0.29) is 17.6 Å². The number of ketones is 1. The molecule has 100 valence electrons. The molecule has 5 heteroatoms. The van der Waals surface area contributed by atoms with Crippen molar-refractivity contribution in [1.29, 1.82) is 0 Å². The number of aromatic nitrogens is 2. The van der Waals surface area contributed by atoms with Crippen molar-refractivity contribution >= 4 is 5.78 Å². The second-order valence-corrected chi connectivity index (χ2v) is 4.55. The summed E-state index contributed by atoms with van der Waals surface area (Å²) < 4.78 is 20.9. The Kier molecular flexibility index (Phi) is 3.64. The summed E-state index contributed by atoms with van der Waals surface area (Å²) >= 11 is 0. The van der Waals surface area contributed by atoms with Gasteiger partial charge >= 0.3 is 0 Å². The summed E-state index contributed by atoms with van der Waals surface area (Å²) in [5, 5.41) is 4.10. The predicted molar refractivity (Wildman–Crippen MR) is 69.1 cm³/mol. The molecule has 0 aliphatic rings. The minimum Gasteiger partial charge on any atom is -0.451 e. The Morgan fingerprint density at radius 2 is 2.16 bits per heavy atom. The standard InChI is InChI=1S/C14H15FN2O2/c1-9(2)17-8-12(7-16-17)19-14-5-4-11(10(3)18)6-13(14)15/h4-9H,1-3H3. The second kappa shape index (κ2) is 5.22. The number of Topliss-reactive ketones (excluding diaryl/α,β-unsaturated/α-hetero) is 1. The third-order valence-corrected chi connectivity index (χ3v) is 2.67. The zero-order valence-corrected chi connectivity index (χ0v) is 11.1. The molecule has 2 aromatic rings. The van der Waals surface area contributed by atoms with Gasteiger partial charge in [0.25, 0.3) is 0 Å². The minimum atomic E-state index is -0.565. The molecule has 0 atom stereocenters. The van der Waals surface area contributed by atoms with Crippen LogP contribution in [0.25, 0.3) is 0 Å². The molecule has 0 radical (unpaired) electrons. The maximum Gasteiger partial charge on any atom is 0.166 e. The van der Waals surface area contributed by atoms with Gasteiger partial charge in [-0.05, 0) is 39.0 Å². The van der Waals surface area contributed by atoms with E-state index in [0.29, 0.717) is 11.3 Å². The fourth-order valence-electron chi connectivity index (χ4n) is 1.59. The van der Waals surface area contributed by atoms with Crippen LogP contribution in [0.2, 0.25) is 0 Å². The van der Waals surface area contributed by atoms with E-state index in [1.807, 2.05) is 13.8 Å². The van der Waals surface area contributed by atoms with Crippen molar-refractivity contribution in [3.63, 3.8) is 0 Å². The van der Waals surface area contributed by atoms with Crippen LogP contribution in [0.1, 0.15) is 37.2 Å². The highest BCUT2D eigenvalue weighted by atomic mass is 19.1. The summed E-state index contributed by atoms with van der Waals surface area (Å²) in [7, 11) is 0. The van der Waals surface area contributed by atoms with Crippen molar-refractivity contribution in [3.8, 4) is 11.5 Å². The third kappa shape index (κ3) is 2.99. The Bertz CT molecular complexity index is 605. The highest BCUT2D eigenvalue weighted by Gasteiger charge is 2.10. The molecule has 0 fully saturated rings. The summed E-state index contributed by atoms with van der Waals surface area (Å²) in [6.45, 7) is 5.36. The maximum atomic E-state index is 13.8. The zero-order chi connectivity index (χ0) is 14.0. The smallest absolute Gasteiger partial charge is 0.166 e. The van der Waals surface area contributed by atoms with Crippen molar-refractivity contribution in [2.24, 2.45) is 0 Å². The van der Waals surface area contributed by atoms with Gasteiger partial charge in [-0.25, -0.2) is 4.39 Å². The Labute approximate surface area is 110 Å². The number of carbonyl (C=O) groups excluding carboxylic acids is 1. The molecule has 1 aromatic carbocycles. The molecule has 0 bridgehead atoms. The summed E-state index contributed by atoms with van der Waals surface area (Å²) in [4.78, 5) is 11.1. The van der Waals surface area contributed by atoms with Gasteiger partial charge in [-0.15, -0.1) is 0 Å². The number of hydrogen-bond donors (Lipinski definition) is 0. The van der Waals surface area contributed by atoms with E-state index in [1.54, 1.807) is 10.9 Å².